The van der Waals surface area contributed by atoms with E-state index in [4.69, 9.17) is 14.7 Å². The van der Waals surface area contributed by atoms with Gasteiger partial charge in [-0.2, -0.15) is 5.26 Å². The van der Waals surface area contributed by atoms with Crippen molar-refractivity contribution in [3.63, 3.8) is 0 Å². The van der Waals surface area contributed by atoms with Gasteiger partial charge in [-0.05, 0) is 63.9 Å². The Morgan fingerprint density at radius 2 is 2.00 bits per heavy atom. The van der Waals surface area contributed by atoms with E-state index in [1.165, 1.54) is 12.1 Å². The smallest absolute Gasteiger partial charge is 0.410 e. The third-order valence-corrected chi connectivity index (χ3v) is 4.83. The predicted molar refractivity (Wildman–Crippen MR) is 109 cm³/mol. The summed E-state index contributed by atoms with van der Waals surface area (Å²) in [4.78, 5) is 18.6. The van der Waals surface area contributed by atoms with Gasteiger partial charge in [-0.25, -0.2) is 9.18 Å². The molecule has 0 unspecified atom stereocenters. The Hall–Kier alpha value is -3.14. The quantitative estimate of drug-likeness (QED) is 0.723. The molecule has 0 bridgehead atoms. The zero-order valence-corrected chi connectivity index (χ0v) is 17.5. The zero-order valence-electron chi connectivity index (χ0n) is 17.5. The van der Waals surface area contributed by atoms with Crippen LogP contribution in [-0.2, 0) is 11.3 Å². The summed E-state index contributed by atoms with van der Waals surface area (Å²) in [7, 11) is 0. The number of likely N-dealkylation sites (tertiary alicyclic amines) is 1. The van der Waals surface area contributed by atoms with Crippen LogP contribution in [0, 0.1) is 17.1 Å². The second-order valence-electron chi connectivity index (χ2n) is 8.34. The lowest BCUT2D eigenvalue weighted by Gasteiger charge is -2.33. The van der Waals surface area contributed by atoms with Crippen molar-refractivity contribution in [1.82, 2.24) is 9.88 Å². The summed E-state index contributed by atoms with van der Waals surface area (Å²) in [5.41, 5.74) is 1.39. The largest absolute Gasteiger partial charge is 0.484 e. The van der Waals surface area contributed by atoms with Crippen LogP contribution in [0.5, 0.6) is 5.75 Å². The molecule has 0 radical (unpaired) electrons. The monoisotopic (exact) mass is 411 g/mol. The van der Waals surface area contributed by atoms with Crippen LogP contribution in [0.15, 0.2) is 36.4 Å². The number of carbonyl (C=O) groups excluding carboxylic acids is 1. The molecule has 1 aliphatic rings. The first-order valence-electron chi connectivity index (χ1n) is 10.0. The molecule has 1 fully saturated rings. The van der Waals surface area contributed by atoms with E-state index in [9.17, 15) is 9.18 Å². The summed E-state index contributed by atoms with van der Waals surface area (Å²) in [6.07, 6.45) is 1.34. The number of carbonyl (C=O) groups is 1. The van der Waals surface area contributed by atoms with Crippen molar-refractivity contribution < 1.29 is 18.7 Å². The van der Waals surface area contributed by atoms with Gasteiger partial charge in [0, 0.05) is 24.7 Å². The van der Waals surface area contributed by atoms with Crippen LogP contribution in [0.3, 0.4) is 0 Å². The molecule has 3 rings (SSSR count). The van der Waals surface area contributed by atoms with E-state index in [-0.39, 0.29) is 29.9 Å². The number of ether oxygens (including phenoxy) is 2. The Kier molecular flexibility index (Phi) is 6.56. The summed E-state index contributed by atoms with van der Waals surface area (Å²) < 4.78 is 25.0. The molecule has 2 aromatic rings. The Morgan fingerprint density at radius 1 is 1.27 bits per heavy atom. The van der Waals surface area contributed by atoms with Gasteiger partial charge in [0.05, 0.1) is 17.3 Å². The van der Waals surface area contributed by atoms with E-state index >= 15 is 0 Å². The normalized spacial score (nSPS) is 14.8. The van der Waals surface area contributed by atoms with Gasteiger partial charge in [-0.15, -0.1) is 0 Å². The lowest BCUT2D eigenvalue weighted by Crippen LogP contribution is -2.41. The van der Waals surface area contributed by atoms with Gasteiger partial charge in [0.15, 0.2) is 11.6 Å². The molecule has 1 amide bonds. The molecule has 1 aliphatic heterocycles. The van der Waals surface area contributed by atoms with E-state index < -0.39 is 11.4 Å². The third-order valence-electron chi connectivity index (χ3n) is 4.83. The molecule has 0 spiro atoms. The maximum atomic E-state index is 14.0. The summed E-state index contributed by atoms with van der Waals surface area (Å²) >= 11 is 0. The maximum Gasteiger partial charge on any atom is 0.410 e. The fourth-order valence-corrected chi connectivity index (χ4v) is 3.33. The minimum atomic E-state index is -0.570. The molecular formula is C23H26FN3O3. The molecule has 1 aromatic carbocycles. The number of rotatable bonds is 4. The summed E-state index contributed by atoms with van der Waals surface area (Å²) in [6, 6.07) is 11.7. The van der Waals surface area contributed by atoms with Crippen LogP contribution < -0.4 is 4.74 Å². The van der Waals surface area contributed by atoms with E-state index in [0.717, 1.165) is 24.6 Å². The van der Waals surface area contributed by atoms with Crippen molar-refractivity contribution in [2.45, 2.75) is 51.7 Å². The summed E-state index contributed by atoms with van der Waals surface area (Å²) in [5.74, 6) is -0.234. The second-order valence-corrected chi connectivity index (χ2v) is 8.34. The van der Waals surface area contributed by atoms with Crippen molar-refractivity contribution in [1.29, 1.82) is 5.26 Å². The Labute approximate surface area is 176 Å². The highest BCUT2D eigenvalue weighted by Crippen LogP contribution is 2.28. The maximum absolute atomic E-state index is 14.0. The minimum Gasteiger partial charge on any atom is -0.484 e. The Balaban J connectivity index is 1.57. The number of nitrogens with zero attached hydrogens (tertiary/aromatic N) is 3. The SMILES string of the molecule is CC(C)(C)OC(=O)N1CCC(c2cccc(COc3ccc(C#N)cc3F)n2)CC1. The van der Waals surface area contributed by atoms with Crippen molar-refractivity contribution in [2.24, 2.45) is 0 Å². The fraction of sp³-hybridized carbons (Fsp3) is 0.435. The number of benzene rings is 1. The van der Waals surface area contributed by atoms with E-state index in [0.29, 0.717) is 18.8 Å². The number of pyridine rings is 1. The van der Waals surface area contributed by atoms with E-state index in [1.807, 2.05) is 45.0 Å². The number of piperidine rings is 1. The first kappa shape index (κ1) is 21.6. The van der Waals surface area contributed by atoms with Gasteiger partial charge in [0.1, 0.15) is 12.2 Å². The van der Waals surface area contributed by atoms with Gasteiger partial charge in [-0.3, -0.25) is 4.98 Å². The number of hydrogen-bond donors (Lipinski definition) is 0. The van der Waals surface area contributed by atoms with Crippen molar-refractivity contribution in [3.8, 4) is 11.8 Å². The predicted octanol–water partition coefficient (Wildman–Crippen LogP) is 4.79. The van der Waals surface area contributed by atoms with Gasteiger partial charge in [0.25, 0.3) is 0 Å². The van der Waals surface area contributed by atoms with Gasteiger partial charge >= 0.3 is 6.09 Å². The summed E-state index contributed by atoms with van der Waals surface area (Å²) in [6.45, 7) is 6.96. The van der Waals surface area contributed by atoms with Crippen LogP contribution in [0.25, 0.3) is 0 Å². The average Bonchev–Trinajstić information content (AvgIpc) is 2.72. The molecule has 30 heavy (non-hydrogen) atoms. The van der Waals surface area contributed by atoms with Gasteiger partial charge in [-0.1, -0.05) is 6.07 Å². The number of halogens is 1. The van der Waals surface area contributed by atoms with Crippen molar-refractivity contribution in [2.75, 3.05) is 13.1 Å². The molecule has 0 atom stereocenters. The molecule has 0 saturated carbocycles. The van der Waals surface area contributed by atoms with E-state index in [1.54, 1.807) is 4.90 Å². The molecule has 0 aliphatic carbocycles. The van der Waals surface area contributed by atoms with Crippen LogP contribution in [0.2, 0.25) is 0 Å². The first-order chi connectivity index (χ1) is 14.2. The van der Waals surface area contributed by atoms with Crippen LogP contribution in [0.1, 0.15) is 56.5 Å². The number of nitriles is 1. The topological polar surface area (TPSA) is 75.4 Å². The lowest BCUT2D eigenvalue weighted by molar-refractivity contribution is 0.0204. The highest BCUT2D eigenvalue weighted by molar-refractivity contribution is 5.68. The van der Waals surface area contributed by atoms with Crippen molar-refractivity contribution >= 4 is 6.09 Å². The van der Waals surface area contributed by atoms with Crippen LogP contribution in [0.4, 0.5) is 9.18 Å². The molecule has 6 nitrogen and oxygen atoms in total. The minimum absolute atomic E-state index is 0.0897. The number of aromatic nitrogens is 1. The standard InChI is InChI=1S/C23H26FN3O3/c1-23(2,3)30-22(28)27-11-9-17(10-12-27)20-6-4-5-18(26-20)15-29-21-8-7-16(14-25)13-19(21)24/h4-8,13,17H,9-12,15H2,1-3H3. The average molecular weight is 411 g/mol. The van der Waals surface area contributed by atoms with E-state index in [2.05, 4.69) is 4.98 Å². The second kappa shape index (κ2) is 9.12. The lowest BCUT2D eigenvalue weighted by atomic mass is 9.93. The molecule has 7 heteroatoms. The van der Waals surface area contributed by atoms with Gasteiger partial charge in [0.2, 0.25) is 0 Å². The zero-order chi connectivity index (χ0) is 21.7. The van der Waals surface area contributed by atoms with Crippen LogP contribution in [-0.4, -0.2) is 34.7 Å². The molecular weight excluding hydrogens is 385 g/mol. The summed E-state index contributed by atoms with van der Waals surface area (Å²) in [5, 5.41) is 8.82. The highest BCUT2D eigenvalue weighted by Gasteiger charge is 2.28. The molecule has 0 N–H and O–H groups in total. The Morgan fingerprint density at radius 3 is 2.63 bits per heavy atom. The van der Waals surface area contributed by atoms with Gasteiger partial charge < -0.3 is 14.4 Å². The third kappa shape index (κ3) is 5.69. The number of hydrogen-bond acceptors (Lipinski definition) is 5. The first-order valence-corrected chi connectivity index (χ1v) is 10.0. The number of amides is 1. The van der Waals surface area contributed by atoms with Crippen LogP contribution >= 0.6 is 0 Å². The van der Waals surface area contributed by atoms with Crippen molar-refractivity contribution in [3.05, 3.63) is 59.2 Å². The Bertz CT molecular complexity index is 941. The molecule has 1 saturated heterocycles. The molecule has 158 valence electrons. The molecule has 2 heterocycles. The fourth-order valence-electron chi connectivity index (χ4n) is 3.33. The molecule has 1 aromatic heterocycles. The highest BCUT2D eigenvalue weighted by atomic mass is 19.1.